The number of allylic oxidation sites excluding steroid dienone is 3. The van der Waals surface area contributed by atoms with Crippen LogP contribution in [0.2, 0.25) is 0 Å². The Morgan fingerprint density at radius 1 is 0.889 bits per heavy atom. The number of ether oxygens (including phenoxy) is 1. The van der Waals surface area contributed by atoms with Gasteiger partial charge < -0.3 is 4.74 Å². The van der Waals surface area contributed by atoms with Crippen LogP contribution in [0.1, 0.15) is 49.5 Å². The minimum Gasteiger partial charge on any atom is -0.473 e. The fourth-order valence-corrected chi connectivity index (χ4v) is 2.45. The molecule has 0 saturated carbocycles. The maximum absolute atomic E-state index is 12.4. The summed E-state index contributed by atoms with van der Waals surface area (Å²) in [6.45, 7) is 6.69. The first-order valence-corrected chi connectivity index (χ1v) is 9.21. The number of nitrogens with zero attached hydrogens (tertiary/aromatic N) is 1. The molecule has 2 aromatic carbocycles. The molecule has 140 valence electrons. The van der Waals surface area contributed by atoms with Crippen LogP contribution in [0.25, 0.3) is 0 Å². The molecule has 0 aliphatic carbocycles. The van der Waals surface area contributed by atoms with Crippen molar-refractivity contribution in [2.75, 3.05) is 6.61 Å². The second kappa shape index (κ2) is 10.9. The maximum Gasteiger partial charge on any atom is 0.280 e. The molecule has 0 N–H and O–H groups in total. The Bertz CT molecular complexity index is 814. The van der Waals surface area contributed by atoms with Crippen LogP contribution in [0.5, 0.6) is 0 Å². The van der Waals surface area contributed by atoms with E-state index in [9.17, 15) is 4.79 Å². The summed E-state index contributed by atoms with van der Waals surface area (Å²) in [5.41, 5.74) is 3.92. The summed E-state index contributed by atoms with van der Waals surface area (Å²) in [5.74, 6) is 0.0384. The molecular weight excluding hydrogens is 334 g/mol. The molecular formula is C24H27NO2. The molecule has 1 amide bonds. The third-order valence-electron chi connectivity index (χ3n) is 3.99. The fourth-order valence-electron chi connectivity index (χ4n) is 2.45. The molecule has 0 aliphatic heterocycles. The van der Waals surface area contributed by atoms with Crippen molar-refractivity contribution in [1.82, 2.24) is 0 Å². The van der Waals surface area contributed by atoms with E-state index >= 15 is 0 Å². The van der Waals surface area contributed by atoms with Crippen molar-refractivity contribution in [3.8, 4) is 0 Å². The topological polar surface area (TPSA) is 38.7 Å². The van der Waals surface area contributed by atoms with Crippen molar-refractivity contribution in [2.45, 2.75) is 33.6 Å². The van der Waals surface area contributed by atoms with Crippen LogP contribution in [0.3, 0.4) is 0 Å². The Labute approximate surface area is 162 Å². The highest BCUT2D eigenvalue weighted by Crippen LogP contribution is 2.09. The Morgan fingerprint density at radius 2 is 1.48 bits per heavy atom. The van der Waals surface area contributed by atoms with E-state index in [-0.39, 0.29) is 5.91 Å². The van der Waals surface area contributed by atoms with Crippen LogP contribution in [0.4, 0.5) is 0 Å². The lowest BCUT2D eigenvalue weighted by Crippen LogP contribution is -2.10. The molecule has 0 saturated heterocycles. The van der Waals surface area contributed by atoms with Crippen LogP contribution in [-0.4, -0.2) is 18.4 Å². The molecule has 0 bridgehead atoms. The number of hydrogen-bond donors (Lipinski definition) is 0. The number of carbonyl (C=O) groups excluding carboxylic acids is 1. The predicted molar refractivity (Wildman–Crippen MR) is 112 cm³/mol. The summed E-state index contributed by atoms with van der Waals surface area (Å²) in [5, 5.41) is 0. The number of hydrogen-bond acceptors (Lipinski definition) is 2. The van der Waals surface area contributed by atoms with Gasteiger partial charge in [0, 0.05) is 11.1 Å². The smallest absolute Gasteiger partial charge is 0.280 e. The van der Waals surface area contributed by atoms with Gasteiger partial charge in [0.15, 0.2) is 0 Å². The molecule has 0 heterocycles. The van der Waals surface area contributed by atoms with Crippen LogP contribution in [-0.2, 0) is 4.74 Å². The Kier molecular flexibility index (Phi) is 8.24. The van der Waals surface area contributed by atoms with Gasteiger partial charge in [-0.2, -0.15) is 4.99 Å². The lowest BCUT2D eigenvalue weighted by Gasteiger charge is -2.08. The summed E-state index contributed by atoms with van der Waals surface area (Å²) in [7, 11) is 0. The van der Waals surface area contributed by atoms with Gasteiger partial charge in [0.05, 0.1) is 0 Å². The number of benzene rings is 2. The molecule has 2 aromatic rings. The zero-order chi connectivity index (χ0) is 19.5. The monoisotopic (exact) mass is 361 g/mol. The first kappa shape index (κ1) is 20.4. The van der Waals surface area contributed by atoms with E-state index in [1.54, 1.807) is 12.1 Å². The molecule has 0 aromatic heterocycles. The minimum absolute atomic E-state index is 0.307. The van der Waals surface area contributed by atoms with Crippen molar-refractivity contribution in [3.63, 3.8) is 0 Å². The Morgan fingerprint density at radius 3 is 2.07 bits per heavy atom. The Hall–Kier alpha value is -2.94. The van der Waals surface area contributed by atoms with E-state index < -0.39 is 0 Å². The average molecular weight is 361 g/mol. The summed E-state index contributed by atoms with van der Waals surface area (Å²) >= 11 is 0. The molecule has 0 fully saturated rings. The summed E-state index contributed by atoms with van der Waals surface area (Å²) in [6.07, 6.45) is 6.30. The van der Waals surface area contributed by atoms with Gasteiger partial charge in [0.2, 0.25) is 5.90 Å². The minimum atomic E-state index is -0.307. The van der Waals surface area contributed by atoms with Gasteiger partial charge >= 0.3 is 0 Å². The van der Waals surface area contributed by atoms with Gasteiger partial charge in [0.1, 0.15) is 6.61 Å². The zero-order valence-electron chi connectivity index (χ0n) is 16.3. The first-order valence-electron chi connectivity index (χ1n) is 9.21. The quantitative estimate of drug-likeness (QED) is 0.345. The lowest BCUT2D eigenvalue weighted by molar-refractivity contribution is 0.0999. The van der Waals surface area contributed by atoms with Gasteiger partial charge in [0.25, 0.3) is 5.91 Å². The van der Waals surface area contributed by atoms with E-state index in [2.05, 4.69) is 31.8 Å². The fraction of sp³-hybridized carbons (Fsp3) is 0.250. The molecule has 2 rings (SSSR count). The van der Waals surface area contributed by atoms with E-state index in [0.29, 0.717) is 18.1 Å². The summed E-state index contributed by atoms with van der Waals surface area (Å²) in [6, 6.07) is 18.5. The van der Waals surface area contributed by atoms with E-state index in [1.165, 1.54) is 11.1 Å². The van der Waals surface area contributed by atoms with Crippen molar-refractivity contribution < 1.29 is 9.53 Å². The predicted octanol–water partition coefficient (Wildman–Crippen LogP) is 5.98. The van der Waals surface area contributed by atoms with Crippen LogP contribution < -0.4 is 0 Å². The average Bonchev–Trinajstić information content (AvgIpc) is 2.68. The molecule has 0 unspecified atom stereocenters. The van der Waals surface area contributed by atoms with E-state index in [0.717, 1.165) is 18.4 Å². The third kappa shape index (κ3) is 7.45. The van der Waals surface area contributed by atoms with Gasteiger partial charge in [-0.25, -0.2) is 0 Å². The van der Waals surface area contributed by atoms with Crippen molar-refractivity contribution in [1.29, 1.82) is 0 Å². The molecule has 0 radical (unpaired) electrons. The number of carbonyl (C=O) groups is 1. The largest absolute Gasteiger partial charge is 0.473 e. The number of amides is 1. The van der Waals surface area contributed by atoms with Crippen LogP contribution in [0.15, 0.2) is 89.0 Å². The second-order valence-electron chi connectivity index (χ2n) is 6.64. The van der Waals surface area contributed by atoms with Gasteiger partial charge in [-0.15, -0.1) is 0 Å². The summed E-state index contributed by atoms with van der Waals surface area (Å²) in [4.78, 5) is 16.7. The molecule has 3 nitrogen and oxygen atoms in total. The summed E-state index contributed by atoms with van der Waals surface area (Å²) < 4.78 is 5.86. The normalized spacial score (nSPS) is 11.8. The van der Waals surface area contributed by atoms with Gasteiger partial charge in [-0.3, -0.25) is 4.79 Å². The highest BCUT2D eigenvalue weighted by atomic mass is 16.5. The van der Waals surface area contributed by atoms with Gasteiger partial charge in [-0.1, -0.05) is 53.6 Å². The lowest BCUT2D eigenvalue weighted by atomic mass is 10.1. The number of aliphatic imine (C=N–C) groups is 1. The third-order valence-corrected chi connectivity index (χ3v) is 3.99. The van der Waals surface area contributed by atoms with Crippen LogP contribution in [0, 0.1) is 0 Å². The molecule has 0 spiro atoms. The first-order chi connectivity index (χ1) is 13.1. The standard InChI is InChI=1S/C24H27NO2/c1-19(2)11-10-12-20(3)17-18-27-24(22-15-8-5-9-16-22)25-23(26)21-13-6-4-7-14-21/h4-9,11,13-17H,10,12,18H2,1-3H3/b20-17+,25-24?. The number of rotatable bonds is 7. The van der Waals surface area contributed by atoms with Crippen molar-refractivity contribution >= 4 is 11.8 Å². The van der Waals surface area contributed by atoms with Crippen LogP contribution >= 0.6 is 0 Å². The molecule has 0 aliphatic rings. The van der Waals surface area contributed by atoms with E-state index in [1.807, 2.05) is 54.6 Å². The SMILES string of the molecule is CC(C)=CCC/C(C)=C/COC(=NC(=O)c1ccccc1)c1ccccc1. The highest BCUT2D eigenvalue weighted by Gasteiger charge is 2.09. The molecule has 0 atom stereocenters. The molecule has 27 heavy (non-hydrogen) atoms. The second-order valence-corrected chi connectivity index (χ2v) is 6.64. The van der Waals surface area contributed by atoms with Crippen molar-refractivity contribution in [2.24, 2.45) is 4.99 Å². The van der Waals surface area contributed by atoms with Crippen molar-refractivity contribution in [3.05, 3.63) is 95.1 Å². The highest BCUT2D eigenvalue weighted by molar-refractivity contribution is 6.07. The van der Waals surface area contributed by atoms with E-state index in [4.69, 9.17) is 4.74 Å². The Balaban J connectivity index is 2.09. The van der Waals surface area contributed by atoms with Gasteiger partial charge in [-0.05, 0) is 64.0 Å². The zero-order valence-corrected chi connectivity index (χ0v) is 16.3. The maximum atomic E-state index is 12.4. The molecule has 3 heteroatoms.